The minimum absolute atomic E-state index is 0.0311. The lowest BCUT2D eigenvalue weighted by atomic mass is 9.83. The molecule has 2 aliphatic heterocycles. The number of amides is 1. The minimum Gasteiger partial charge on any atom is -0.369 e. The molecule has 0 bridgehead atoms. The van der Waals surface area contributed by atoms with Crippen molar-refractivity contribution in [3.05, 3.63) is 10.2 Å². The lowest BCUT2D eigenvalue weighted by molar-refractivity contribution is 0.0994. The zero-order valence-electron chi connectivity index (χ0n) is 10.9. The molecule has 3 rings (SSSR count). The number of anilines is 1. The largest absolute Gasteiger partial charge is 0.369 e. The van der Waals surface area contributed by atoms with Crippen molar-refractivity contribution in [1.29, 1.82) is 0 Å². The molecule has 1 aromatic rings. The van der Waals surface area contributed by atoms with E-state index in [2.05, 4.69) is 38.3 Å². The predicted molar refractivity (Wildman–Crippen MR) is 76.3 cm³/mol. The number of piperidine rings is 1. The average molecular weight is 328 g/mol. The zero-order chi connectivity index (χ0) is 13.6. The van der Waals surface area contributed by atoms with Gasteiger partial charge in [-0.25, -0.2) is 4.68 Å². The number of aromatic nitrogens is 2. The van der Waals surface area contributed by atoms with Crippen LogP contribution >= 0.6 is 15.9 Å². The van der Waals surface area contributed by atoms with Crippen LogP contribution in [0.3, 0.4) is 0 Å². The fourth-order valence-corrected chi connectivity index (χ4v) is 3.67. The number of carbonyl (C=O) groups is 1. The summed E-state index contributed by atoms with van der Waals surface area (Å²) in [5.74, 6) is 0.334. The van der Waals surface area contributed by atoms with Crippen LogP contribution < -0.4 is 11.1 Å². The highest BCUT2D eigenvalue weighted by atomic mass is 79.9. The molecular formula is C12H18BrN5O. The summed E-state index contributed by atoms with van der Waals surface area (Å²) in [5, 5.41) is 7.80. The molecule has 0 aromatic carbocycles. The molecule has 104 valence electrons. The van der Waals surface area contributed by atoms with Gasteiger partial charge in [-0.15, -0.1) is 0 Å². The predicted octanol–water partition coefficient (Wildman–Crippen LogP) is 0.981. The number of primary amides is 1. The van der Waals surface area contributed by atoms with Gasteiger partial charge in [0, 0.05) is 19.6 Å². The lowest BCUT2D eigenvalue weighted by Crippen LogP contribution is -2.49. The van der Waals surface area contributed by atoms with E-state index >= 15 is 0 Å². The summed E-state index contributed by atoms with van der Waals surface area (Å²) in [4.78, 5) is 13.9. The Balaban J connectivity index is 2.06. The first-order chi connectivity index (χ1) is 9.03. The molecule has 3 heterocycles. The summed E-state index contributed by atoms with van der Waals surface area (Å²) in [7, 11) is 2.14. The third kappa shape index (κ3) is 1.95. The van der Waals surface area contributed by atoms with Gasteiger partial charge in [0.1, 0.15) is 16.0 Å². The molecule has 1 spiro atoms. The van der Waals surface area contributed by atoms with Crippen LogP contribution in [0.15, 0.2) is 4.60 Å². The number of hydrogen-bond donors (Lipinski definition) is 2. The first kappa shape index (κ1) is 12.9. The Morgan fingerprint density at radius 2 is 2.11 bits per heavy atom. The van der Waals surface area contributed by atoms with Crippen molar-refractivity contribution in [3.63, 3.8) is 0 Å². The summed E-state index contributed by atoms with van der Waals surface area (Å²) in [6, 6.07) is 0. The fraction of sp³-hybridized carbons (Fsp3) is 0.667. The highest BCUT2D eigenvalue weighted by molar-refractivity contribution is 9.10. The summed E-state index contributed by atoms with van der Waals surface area (Å²) in [6.45, 7) is 2.98. The Kier molecular flexibility index (Phi) is 3.05. The van der Waals surface area contributed by atoms with Crippen molar-refractivity contribution in [2.45, 2.75) is 24.8 Å². The summed E-state index contributed by atoms with van der Waals surface area (Å²) < 4.78 is 2.54. The van der Waals surface area contributed by atoms with Gasteiger partial charge in [0.15, 0.2) is 0 Å². The van der Waals surface area contributed by atoms with Gasteiger partial charge in [0.05, 0.1) is 5.54 Å². The second-order valence-electron chi connectivity index (χ2n) is 5.49. The number of rotatable bonds is 1. The maximum Gasteiger partial charge on any atom is 0.255 e. The van der Waals surface area contributed by atoms with Gasteiger partial charge in [-0.2, -0.15) is 5.10 Å². The van der Waals surface area contributed by atoms with Gasteiger partial charge in [-0.3, -0.25) is 4.79 Å². The quantitative estimate of drug-likeness (QED) is 0.806. The van der Waals surface area contributed by atoms with Crippen molar-refractivity contribution in [2.24, 2.45) is 5.73 Å². The third-order valence-corrected chi connectivity index (χ3v) is 4.89. The van der Waals surface area contributed by atoms with E-state index in [9.17, 15) is 4.79 Å². The maximum absolute atomic E-state index is 11.6. The Hall–Kier alpha value is -1.08. The van der Waals surface area contributed by atoms with E-state index in [1.54, 1.807) is 0 Å². The Morgan fingerprint density at radius 1 is 1.42 bits per heavy atom. The van der Waals surface area contributed by atoms with E-state index in [4.69, 9.17) is 5.73 Å². The van der Waals surface area contributed by atoms with Crippen molar-refractivity contribution >= 4 is 27.7 Å². The third-order valence-electron chi connectivity index (χ3n) is 4.34. The SMILES string of the molecule is CN1CCC2(CCNc3c(C(N)=O)c(Br)nn32)CC1. The van der Waals surface area contributed by atoms with Crippen LogP contribution in [0, 0.1) is 0 Å². The van der Waals surface area contributed by atoms with Gasteiger partial charge in [0.25, 0.3) is 5.91 Å². The van der Waals surface area contributed by atoms with Crippen molar-refractivity contribution in [3.8, 4) is 0 Å². The smallest absolute Gasteiger partial charge is 0.255 e. The van der Waals surface area contributed by atoms with E-state index in [1.807, 2.05) is 4.68 Å². The maximum atomic E-state index is 11.6. The van der Waals surface area contributed by atoms with Crippen LogP contribution in [0.25, 0.3) is 0 Å². The highest BCUT2D eigenvalue weighted by Gasteiger charge is 2.41. The molecule has 0 unspecified atom stereocenters. The Labute approximate surface area is 120 Å². The van der Waals surface area contributed by atoms with E-state index < -0.39 is 5.91 Å². The summed E-state index contributed by atoms with van der Waals surface area (Å²) >= 11 is 3.36. The lowest BCUT2D eigenvalue weighted by Gasteiger charge is -2.44. The second-order valence-corrected chi connectivity index (χ2v) is 6.25. The molecule has 3 N–H and O–H groups in total. The van der Waals surface area contributed by atoms with Crippen LogP contribution in [0.5, 0.6) is 0 Å². The number of carbonyl (C=O) groups excluding carboxylic acids is 1. The average Bonchev–Trinajstić information content (AvgIpc) is 2.71. The van der Waals surface area contributed by atoms with Crippen LogP contribution in [0.2, 0.25) is 0 Å². The van der Waals surface area contributed by atoms with Gasteiger partial charge < -0.3 is 16.0 Å². The molecule has 0 radical (unpaired) electrons. The highest BCUT2D eigenvalue weighted by Crippen LogP contribution is 2.41. The number of likely N-dealkylation sites (tertiary alicyclic amines) is 1. The van der Waals surface area contributed by atoms with Gasteiger partial charge in [-0.05, 0) is 42.2 Å². The molecule has 1 fully saturated rings. The molecule has 7 heteroatoms. The molecule has 0 atom stereocenters. The van der Waals surface area contributed by atoms with Crippen molar-refractivity contribution < 1.29 is 4.79 Å². The molecule has 1 amide bonds. The molecule has 0 saturated carbocycles. The number of nitrogens with two attached hydrogens (primary N) is 1. The fourth-order valence-electron chi connectivity index (χ4n) is 3.13. The number of nitrogens with one attached hydrogen (secondary N) is 1. The molecule has 1 aromatic heterocycles. The zero-order valence-corrected chi connectivity index (χ0v) is 12.5. The van der Waals surface area contributed by atoms with Crippen LogP contribution in [0.4, 0.5) is 5.82 Å². The normalized spacial score (nSPS) is 22.0. The second kappa shape index (κ2) is 4.49. The van der Waals surface area contributed by atoms with E-state index in [0.717, 1.165) is 44.7 Å². The summed E-state index contributed by atoms with van der Waals surface area (Å²) in [5.41, 5.74) is 5.95. The molecule has 6 nitrogen and oxygen atoms in total. The number of hydrogen-bond acceptors (Lipinski definition) is 4. The number of halogens is 1. The first-order valence-corrected chi connectivity index (χ1v) is 7.34. The number of nitrogens with zero attached hydrogens (tertiary/aromatic N) is 3. The first-order valence-electron chi connectivity index (χ1n) is 6.55. The van der Waals surface area contributed by atoms with Crippen LogP contribution in [0.1, 0.15) is 29.6 Å². The number of fused-ring (bicyclic) bond motifs is 2. The monoisotopic (exact) mass is 327 g/mol. The van der Waals surface area contributed by atoms with Gasteiger partial charge in [-0.1, -0.05) is 0 Å². The Bertz CT molecular complexity index is 518. The molecular weight excluding hydrogens is 310 g/mol. The minimum atomic E-state index is -0.439. The molecule has 0 aliphatic carbocycles. The van der Waals surface area contributed by atoms with E-state index in [0.29, 0.717) is 10.2 Å². The molecule has 19 heavy (non-hydrogen) atoms. The van der Waals surface area contributed by atoms with Crippen molar-refractivity contribution in [1.82, 2.24) is 14.7 Å². The van der Waals surface area contributed by atoms with Crippen LogP contribution in [-0.4, -0.2) is 47.3 Å². The van der Waals surface area contributed by atoms with Gasteiger partial charge in [0.2, 0.25) is 0 Å². The van der Waals surface area contributed by atoms with Gasteiger partial charge >= 0.3 is 0 Å². The molecule has 1 saturated heterocycles. The molecule has 2 aliphatic rings. The van der Waals surface area contributed by atoms with E-state index in [1.165, 1.54) is 0 Å². The Morgan fingerprint density at radius 3 is 2.74 bits per heavy atom. The standard InChI is InChI=1S/C12H18BrN5O/c1-17-6-3-12(4-7-17)2-5-15-11-8(10(14)19)9(13)16-18(11)12/h15H,2-7H2,1H3,(H2,14,19). The van der Waals surface area contributed by atoms with E-state index in [-0.39, 0.29) is 5.54 Å². The van der Waals surface area contributed by atoms with Crippen LogP contribution in [-0.2, 0) is 5.54 Å². The van der Waals surface area contributed by atoms with Crippen molar-refractivity contribution in [2.75, 3.05) is 32.0 Å². The summed E-state index contributed by atoms with van der Waals surface area (Å²) in [6.07, 6.45) is 3.16. The topological polar surface area (TPSA) is 76.2 Å².